The van der Waals surface area contributed by atoms with Crippen molar-refractivity contribution in [2.24, 2.45) is 0 Å². The summed E-state index contributed by atoms with van der Waals surface area (Å²) in [6.45, 7) is 4.24. The molecule has 0 bridgehead atoms. The highest BCUT2D eigenvalue weighted by Crippen LogP contribution is 2.30. The molecule has 3 heteroatoms. The molecule has 2 nitrogen and oxygen atoms in total. The monoisotopic (exact) mass is 258 g/mol. The van der Waals surface area contributed by atoms with Gasteiger partial charge in [0.25, 0.3) is 0 Å². The quantitative estimate of drug-likeness (QED) is 0.792. The van der Waals surface area contributed by atoms with Gasteiger partial charge in [0.1, 0.15) is 0 Å². The Balaban J connectivity index is 2.34. The fourth-order valence-corrected chi connectivity index (χ4v) is 3.17. The molecular weight excluding hydrogens is 240 g/mol. The van der Waals surface area contributed by atoms with Gasteiger partial charge in [-0.1, -0.05) is 18.2 Å². The van der Waals surface area contributed by atoms with Crippen LogP contribution in [0.5, 0.6) is 0 Å². The Bertz CT molecular complexity index is 607. The van der Waals surface area contributed by atoms with Gasteiger partial charge < -0.3 is 4.90 Å². The molecule has 0 atom stereocenters. The van der Waals surface area contributed by atoms with Gasteiger partial charge in [-0.15, -0.1) is 0 Å². The van der Waals surface area contributed by atoms with Crippen molar-refractivity contribution in [1.82, 2.24) is 9.88 Å². The zero-order chi connectivity index (χ0) is 12.7. The predicted octanol–water partition coefficient (Wildman–Crippen LogP) is 2.96. The predicted molar refractivity (Wildman–Crippen MR) is 79.2 cm³/mol. The number of thiol groups is 1. The average Bonchev–Trinajstić information content (AvgIpc) is 2.37. The lowest BCUT2D eigenvalue weighted by atomic mass is 9.96. The summed E-state index contributed by atoms with van der Waals surface area (Å²) >= 11 is 4.54. The van der Waals surface area contributed by atoms with Gasteiger partial charge in [0.15, 0.2) is 0 Å². The van der Waals surface area contributed by atoms with Crippen molar-refractivity contribution in [3.8, 4) is 0 Å². The SMILES string of the molecule is Cc1cccc2c(CS)c3c(nc12)CCN(C)C3. The first-order valence-corrected chi connectivity index (χ1v) is 7.03. The molecule has 0 saturated carbocycles. The number of para-hydroxylation sites is 1. The van der Waals surface area contributed by atoms with E-state index in [2.05, 4.69) is 49.7 Å². The normalized spacial score (nSPS) is 15.9. The second-order valence-electron chi connectivity index (χ2n) is 5.13. The second-order valence-corrected chi connectivity index (χ2v) is 5.45. The number of fused-ring (bicyclic) bond motifs is 2. The first-order chi connectivity index (χ1) is 8.70. The number of aryl methyl sites for hydroxylation is 1. The molecule has 2 aromatic rings. The molecule has 1 aromatic carbocycles. The molecule has 0 N–H and O–H groups in total. The number of likely N-dealkylation sites (N-methyl/N-ethyl adjacent to an activating group) is 1. The number of pyridine rings is 1. The van der Waals surface area contributed by atoms with Gasteiger partial charge in [-0.25, -0.2) is 0 Å². The minimum atomic E-state index is 0.790. The first kappa shape index (κ1) is 12.0. The summed E-state index contributed by atoms with van der Waals surface area (Å²) in [5, 5.41) is 1.28. The Hall–Kier alpha value is -1.06. The van der Waals surface area contributed by atoms with Crippen LogP contribution >= 0.6 is 12.6 Å². The number of aromatic nitrogens is 1. The van der Waals surface area contributed by atoms with Crippen LogP contribution in [0.1, 0.15) is 22.4 Å². The summed E-state index contributed by atoms with van der Waals surface area (Å²) in [7, 11) is 2.17. The van der Waals surface area contributed by atoms with Crippen LogP contribution in [0.3, 0.4) is 0 Å². The van der Waals surface area contributed by atoms with Gasteiger partial charge >= 0.3 is 0 Å². The van der Waals surface area contributed by atoms with Crippen LogP contribution in [0.25, 0.3) is 10.9 Å². The Morgan fingerprint density at radius 3 is 3.00 bits per heavy atom. The number of nitrogens with zero attached hydrogens (tertiary/aromatic N) is 2. The van der Waals surface area contributed by atoms with Crippen molar-refractivity contribution in [2.75, 3.05) is 13.6 Å². The zero-order valence-corrected chi connectivity index (χ0v) is 11.8. The third kappa shape index (κ3) is 1.82. The zero-order valence-electron chi connectivity index (χ0n) is 10.9. The van der Waals surface area contributed by atoms with E-state index >= 15 is 0 Å². The number of rotatable bonds is 1. The molecule has 0 aliphatic carbocycles. The van der Waals surface area contributed by atoms with Gasteiger partial charge in [0.05, 0.1) is 5.52 Å². The molecule has 1 aliphatic rings. The van der Waals surface area contributed by atoms with Crippen molar-refractivity contribution < 1.29 is 0 Å². The maximum atomic E-state index is 4.90. The van der Waals surface area contributed by atoms with E-state index in [0.717, 1.165) is 30.8 Å². The van der Waals surface area contributed by atoms with Crippen LogP contribution in [0.15, 0.2) is 18.2 Å². The van der Waals surface area contributed by atoms with Crippen LogP contribution in [0.2, 0.25) is 0 Å². The van der Waals surface area contributed by atoms with E-state index in [1.54, 1.807) is 0 Å². The molecule has 1 aliphatic heterocycles. The van der Waals surface area contributed by atoms with Gasteiger partial charge in [-0.3, -0.25) is 4.98 Å². The molecular formula is C15H18N2S. The average molecular weight is 258 g/mol. The molecule has 94 valence electrons. The van der Waals surface area contributed by atoms with Gasteiger partial charge in [-0.05, 0) is 30.7 Å². The summed E-state index contributed by atoms with van der Waals surface area (Å²) in [5.74, 6) is 0.790. The first-order valence-electron chi connectivity index (χ1n) is 6.40. The molecule has 0 spiro atoms. The lowest BCUT2D eigenvalue weighted by Gasteiger charge is -2.27. The smallest absolute Gasteiger partial charge is 0.0737 e. The molecule has 2 heterocycles. The van der Waals surface area contributed by atoms with Crippen LogP contribution < -0.4 is 0 Å². The third-order valence-electron chi connectivity index (χ3n) is 3.84. The van der Waals surface area contributed by atoms with Crippen molar-refractivity contribution >= 4 is 23.5 Å². The highest BCUT2D eigenvalue weighted by molar-refractivity contribution is 7.79. The summed E-state index contributed by atoms with van der Waals surface area (Å²) in [4.78, 5) is 7.26. The molecule has 1 aromatic heterocycles. The van der Waals surface area contributed by atoms with Crippen molar-refractivity contribution in [2.45, 2.75) is 25.6 Å². The van der Waals surface area contributed by atoms with E-state index in [4.69, 9.17) is 4.98 Å². The highest BCUT2D eigenvalue weighted by atomic mass is 32.1. The summed E-state index contributed by atoms with van der Waals surface area (Å²) in [6.07, 6.45) is 1.05. The standard InChI is InChI=1S/C15H18N2S/c1-10-4-3-5-11-13(9-18)12-8-17(2)7-6-14(12)16-15(10)11/h3-5,18H,6-9H2,1-2H3. The topological polar surface area (TPSA) is 16.1 Å². The third-order valence-corrected chi connectivity index (χ3v) is 4.15. The Kier molecular flexibility index (Phi) is 3.04. The lowest BCUT2D eigenvalue weighted by Crippen LogP contribution is -2.28. The minimum absolute atomic E-state index is 0.790. The molecule has 0 unspecified atom stereocenters. The molecule has 0 radical (unpaired) electrons. The van der Waals surface area contributed by atoms with Crippen LogP contribution in [-0.4, -0.2) is 23.5 Å². The summed E-state index contributed by atoms with van der Waals surface area (Å²) in [5.41, 5.74) is 6.46. The number of benzene rings is 1. The van der Waals surface area contributed by atoms with Crippen LogP contribution in [0, 0.1) is 6.92 Å². The minimum Gasteiger partial charge on any atom is -0.302 e. The van der Waals surface area contributed by atoms with E-state index in [-0.39, 0.29) is 0 Å². The van der Waals surface area contributed by atoms with Gasteiger partial charge in [0.2, 0.25) is 0 Å². The Labute approximate surface area is 113 Å². The van der Waals surface area contributed by atoms with Crippen molar-refractivity contribution in [1.29, 1.82) is 0 Å². The van der Waals surface area contributed by atoms with Crippen LogP contribution in [-0.2, 0) is 18.7 Å². The van der Waals surface area contributed by atoms with E-state index in [1.165, 1.54) is 27.8 Å². The summed E-state index contributed by atoms with van der Waals surface area (Å²) in [6, 6.07) is 6.43. The Morgan fingerprint density at radius 1 is 1.39 bits per heavy atom. The highest BCUT2D eigenvalue weighted by Gasteiger charge is 2.20. The largest absolute Gasteiger partial charge is 0.302 e. The molecule has 0 saturated heterocycles. The summed E-state index contributed by atoms with van der Waals surface area (Å²) < 4.78 is 0. The number of hydrogen-bond donors (Lipinski definition) is 1. The van der Waals surface area contributed by atoms with E-state index < -0.39 is 0 Å². The maximum Gasteiger partial charge on any atom is 0.0737 e. The molecule has 0 amide bonds. The van der Waals surface area contributed by atoms with Gasteiger partial charge in [-0.2, -0.15) is 12.6 Å². The molecule has 18 heavy (non-hydrogen) atoms. The van der Waals surface area contributed by atoms with E-state index in [1.807, 2.05) is 0 Å². The second kappa shape index (κ2) is 4.56. The van der Waals surface area contributed by atoms with Crippen LogP contribution in [0.4, 0.5) is 0 Å². The van der Waals surface area contributed by atoms with Crippen molar-refractivity contribution in [3.63, 3.8) is 0 Å². The van der Waals surface area contributed by atoms with E-state index in [0.29, 0.717) is 0 Å². The molecule has 3 rings (SSSR count). The lowest BCUT2D eigenvalue weighted by molar-refractivity contribution is 0.309. The number of hydrogen-bond acceptors (Lipinski definition) is 3. The fraction of sp³-hybridized carbons (Fsp3) is 0.400. The Morgan fingerprint density at radius 2 is 2.22 bits per heavy atom. The molecule has 0 fully saturated rings. The fourth-order valence-electron chi connectivity index (χ4n) is 2.81. The maximum absolute atomic E-state index is 4.90. The van der Waals surface area contributed by atoms with Crippen molar-refractivity contribution in [3.05, 3.63) is 40.6 Å². The van der Waals surface area contributed by atoms with Gasteiger partial charge in [0, 0.05) is 36.3 Å². The van der Waals surface area contributed by atoms with E-state index in [9.17, 15) is 0 Å².